The van der Waals surface area contributed by atoms with Gasteiger partial charge in [0.1, 0.15) is 18.1 Å². The van der Waals surface area contributed by atoms with Crippen LogP contribution in [0.1, 0.15) is 31.4 Å². The maximum Gasteiger partial charge on any atom is 0.127 e. The van der Waals surface area contributed by atoms with Gasteiger partial charge in [-0.2, -0.15) is 0 Å². The van der Waals surface area contributed by atoms with E-state index in [0.29, 0.717) is 19.3 Å². The predicted molar refractivity (Wildman–Crippen MR) is 75.0 cm³/mol. The molecule has 4 nitrogen and oxygen atoms in total. The maximum atomic E-state index is 5.71. The molecule has 1 aliphatic heterocycles. The van der Waals surface area contributed by atoms with E-state index in [1.165, 1.54) is 5.56 Å². The first-order chi connectivity index (χ1) is 9.35. The zero-order chi connectivity index (χ0) is 13.5. The molecular weight excluding hydrogens is 242 g/mol. The molecule has 0 saturated heterocycles. The molecule has 1 aromatic rings. The molecule has 1 aromatic carbocycles. The SMILES string of the molecule is CCCNC1COc2cc(OCCCOC)ccc21. The second-order valence-corrected chi connectivity index (χ2v) is 4.71. The Kier molecular flexibility index (Phi) is 5.48. The minimum Gasteiger partial charge on any atom is -0.493 e. The van der Waals surface area contributed by atoms with Crippen LogP contribution in [0.3, 0.4) is 0 Å². The molecule has 1 N–H and O–H groups in total. The van der Waals surface area contributed by atoms with Crippen LogP contribution < -0.4 is 14.8 Å². The van der Waals surface area contributed by atoms with Crippen molar-refractivity contribution in [2.45, 2.75) is 25.8 Å². The summed E-state index contributed by atoms with van der Waals surface area (Å²) in [7, 11) is 1.70. The van der Waals surface area contributed by atoms with E-state index >= 15 is 0 Å². The van der Waals surface area contributed by atoms with E-state index in [4.69, 9.17) is 14.2 Å². The molecule has 2 rings (SSSR count). The van der Waals surface area contributed by atoms with Crippen LogP contribution in [0.5, 0.6) is 11.5 Å². The Labute approximate surface area is 115 Å². The molecular formula is C15H23NO3. The average molecular weight is 265 g/mol. The fourth-order valence-electron chi connectivity index (χ4n) is 2.16. The number of rotatable bonds is 8. The Morgan fingerprint density at radius 3 is 3.05 bits per heavy atom. The van der Waals surface area contributed by atoms with E-state index in [1.807, 2.05) is 12.1 Å². The minimum absolute atomic E-state index is 0.317. The van der Waals surface area contributed by atoms with Crippen LogP contribution in [0.25, 0.3) is 0 Å². The zero-order valence-electron chi connectivity index (χ0n) is 11.8. The highest BCUT2D eigenvalue weighted by atomic mass is 16.5. The normalized spacial score (nSPS) is 17.1. The van der Waals surface area contributed by atoms with Gasteiger partial charge in [-0.25, -0.2) is 0 Å². The molecule has 1 heterocycles. The van der Waals surface area contributed by atoms with Gasteiger partial charge in [0, 0.05) is 31.8 Å². The molecule has 0 spiro atoms. The Balaban J connectivity index is 1.89. The van der Waals surface area contributed by atoms with Gasteiger partial charge in [-0.05, 0) is 25.1 Å². The standard InChI is InChI=1S/C15H23NO3/c1-3-7-16-14-11-19-15-10-12(5-6-13(14)15)18-9-4-8-17-2/h5-6,10,14,16H,3-4,7-9,11H2,1-2H3. The molecule has 0 saturated carbocycles. The van der Waals surface area contributed by atoms with Gasteiger partial charge in [0.15, 0.2) is 0 Å². The maximum absolute atomic E-state index is 5.71. The molecule has 0 radical (unpaired) electrons. The van der Waals surface area contributed by atoms with Crippen LogP contribution >= 0.6 is 0 Å². The van der Waals surface area contributed by atoms with Gasteiger partial charge in [0.25, 0.3) is 0 Å². The minimum atomic E-state index is 0.317. The number of fused-ring (bicyclic) bond motifs is 1. The largest absolute Gasteiger partial charge is 0.493 e. The van der Waals surface area contributed by atoms with Crippen LogP contribution in [0, 0.1) is 0 Å². The van der Waals surface area contributed by atoms with Gasteiger partial charge in [0.2, 0.25) is 0 Å². The second-order valence-electron chi connectivity index (χ2n) is 4.71. The summed E-state index contributed by atoms with van der Waals surface area (Å²) in [6, 6.07) is 6.41. The molecule has 0 aliphatic carbocycles. The van der Waals surface area contributed by atoms with Crippen molar-refractivity contribution in [1.82, 2.24) is 5.32 Å². The average Bonchev–Trinajstić information content (AvgIpc) is 2.84. The molecule has 4 heteroatoms. The molecule has 0 amide bonds. The number of hydrogen-bond donors (Lipinski definition) is 1. The van der Waals surface area contributed by atoms with Crippen molar-refractivity contribution >= 4 is 0 Å². The van der Waals surface area contributed by atoms with E-state index in [-0.39, 0.29) is 0 Å². The third-order valence-corrected chi connectivity index (χ3v) is 3.17. The lowest BCUT2D eigenvalue weighted by Gasteiger charge is -2.11. The molecule has 19 heavy (non-hydrogen) atoms. The predicted octanol–water partition coefficient (Wildman–Crippen LogP) is 2.54. The first-order valence-electron chi connectivity index (χ1n) is 6.97. The van der Waals surface area contributed by atoms with Gasteiger partial charge in [-0.15, -0.1) is 0 Å². The van der Waals surface area contributed by atoms with E-state index in [9.17, 15) is 0 Å². The van der Waals surface area contributed by atoms with Crippen LogP contribution in [0.4, 0.5) is 0 Å². The first kappa shape index (κ1) is 14.2. The Hall–Kier alpha value is -1.26. The van der Waals surface area contributed by atoms with Crippen molar-refractivity contribution in [1.29, 1.82) is 0 Å². The van der Waals surface area contributed by atoms with E-state index in [2.05, 4.69) is 18.3 Å². The lowest BCUT2D eigenvalue weighted by atomic mass is 10.1. The van der Waals surface area contributed by atoms with E-state index in [0.717, 1.165) is 37.5 Å². The van der Waals surface area contributed by atoms with Crippen molar-refractivity contribution in [2.24, 2.45) is 0 Å². The van der Waals surface area contributed by atoms with Gasteiger partial charge < -0.3 is 19.5 Å². The fourth-order valence-corrected chi connectivity index (χ4v) is 2.16. The lowest BCUT2D eigenvalue weighted by molar-refractivity contribution is 0.172. The highest BCUT2D eigenvalue weighted by molar-refractivity contribution is 5.45. The Bertz CT molecular complexity index is 395. The molecule has 0 bridgehead atoms. The number of ether oxygens (including phenoxy) is 3. The van der Waals surface area contributed by atoms with Crippen LogP contribution in [0.2, 0.25) is 0 Å². The van der Waals surface area contributed by atoms with Crippen molar-refractivity contribution in [3.05, 3.63) is 23.8 Å². The van der Waals surface area contributed by atoms with E-state index < -0.39 is 0 Å². The monoisotopic (exact) mass is 265 g/mol. The molecule has 106 valence electrons. The highest BCUT2D eigenvalue weighted by Gasteiger charge is 2.23. The summed E-state index contributed by atoms with van der Waals surface area (Å²) in [6.45, 7) is 5.29. The van der Waals surface area contributed by atoms with Gasteiger partial charge >= 0.3 is 0 Å². The van der Waals surface area contributed by atoms with Gasteiger partial charge in [0.05, 0.1) is 12.6 Å². The Morgan fingerprint density at radius 1 is 1.37 bits per heavy atom. The Morgan fingerprint density at radius 2 is 2.26 bits per heavy atom. The molecule has 1 aliphatic rings. The molecule has 0 aromatic heterocycles. The number of hydrogen-bond acceptors (Lipinski definition) is 4. The quantitative estimate of drug-likeness (QED) is 0.733. The zero-order valence-corrected chi connectivity index (χ0v) is 11.8. The third kappa shape index (κ3) is 3.85. The topological polar surface area (TPSA) is 39.7 Å². The van der Waals surface area contributed by atoms with Crippen molar-refractivity contribution in [3.63, 3.8) is 0 Å². The molecule has 1 unspecified atom stereocenters. The smallest absolute Gasteiger partial charge is 0.127 e. The summed E-state index contributed by atoms with van der Waals surface area (Å²) in [5, 5.41) is 3.48. The van der Waals surface area contributed by atoms with Crippen LogP contribution in [-0.2, 0) is 4.74 Å². The third-order valence-electron chi connectivity index (χ3n) is 3.17. The molecule has 1 atom stereocenters. The van der Waals surface area contributed by atoms with Crippen LogP contribution in [-0.4, -0.2) is 33.5 Å². The van der Waals surface area contributed by atoms with Crippen molar-refractivity contribution < 1.29 is 14.2 Å². The van der Waals surface area contributed by atoms with Crippen molar-refractivity contribution in [2.75, 3.05) is 33.5 Å². The van der Waals surface area contributed by atoms with Crippen LogP contribution in [0.15, 0.2) is 18.2 Å². The highest BCUT2D eigenvalue weighted by Crippen LogP contribution is 2.35. The summed E-state index contributed by atoms with van der Waals surface area (Å²) in [5.74, 6) is 1.81. The fraction of sp³-hybridized carbons (Fsp3) is 0.600. The second kappa shape index (κ2) is 7.36. The molecule has 0 fully saturated rings. The number of methoxy groups -OCH3 is 1. The summed E-state index contributed by atoms with van der Waals surface area (Å²) in [5.41, 5.74) is 1.23. The first-order valence-corrected chi connectivity index (χ1v) is 6.97. The van der Waals surface area contributed by atoms with Gasteiger partial charge in [-0.1, -0.05) is 6.92 Å². The van der Waals surface area contributed by atoms with Crippen molar-refractivity contribution in [3.8, 4) is 11.5 Å². The number of nitrogens with one attached hydrogen (secondary N) is 1. The summed E-state index contributed by atoms with van der Waals surface area (Å²) >= 11 is 0. The number of benzene rings is 1. The summed E-state index contributed by atoms with van der Waals surface area (Å²) in [4.78, 5) is 0. The summed E-state index contributed by atoms with van der Waals surface area (Å²) < 4.78 is 16.4. The van der Waals surface area contributed by atoms with E-state index in [1.54, 1.807) is 7.11 Å². The van der Waals surface area contributed by atoms with Gasteiger partial charge in [-0.3, -0.25) is 0 Å². The summed E-state index contributed by atoms with van der Waals surface area (Å²) in [6.07, 6.45) is 2.03. The lowest BCUT2D eigenvalue weighted by Crippen LogP contribution is -2.22.